The molecule has 1 aliphatic carbocycles. The topological polar surface area (TPSA) is 85.8 Å². The summed E-state index contributed by atoms with van der Waals surface area (Å²) in [6.07, 6.45) is 8.09. The number of nitrogens with one attached hydrogen (secondary N) is 1. The first-order valence-corrected chi connectivity index (χ1v) is 9.85. The van der Waals surface area contributed by atoms with Crippen molar-refractivity contribution in [3.8, 4) is 17.4 Å². The summed E-state index contributed by atoms with van der Waals surface area (Å²) in [5, 5.41) is 7.43. The normalized spacial score (nSPS) is 14.5. The Balaban J connectivity index is 1.58. The highest BCUT2D eigenvalue weighted by Crippen LogP contribution is 2.28. The van der Waals surface area contributed by atoms with E-state index >= 15 is 0 Å². The number of amides is 1. The van der Waals surface area contributed by atoms with Crippen molar-refractivity contribution in [1.82, 2.24) is 19.7 Å². The molecule has 1 saturated carbocycles. The average Bonchev–Trinajstić information content (AvgIpc) is 3.42. The van der Waals surface area contributed by atoms with E-state index in [0.29, 0.717) is 35.6 Å². The van der Waals surface area contributed by atoms with Crippen LogP contribution in [0.15, 0.2) is 34.9 Å². The summed E-state index contributed by atoms with van der Waals surface area (Å²) < 4.78 is 7.20. The second-order valence-electron chi connectivity index (χ2n) is 7.49. The van der Waals surface area contributed by atoms with Crippen LogP contribution in [0, 0.1) is 19.8 Å². The van der Waals surface area contributed by atoms with Crippen LogP contribution in [0.4, 0.5) is 5.82 Å². The molecule has 0 atom stereocenters. The first-order valence-electron chi connectivity index (χ1n) is 9.85. The van der Waals surface area contributed by atoms with Gasteiger partial charge in [-0.05, 0) is 44.4 Å². The Morgan fingerprint density at radius 3 is 2.75 bits per heavy atom. The van der Waals surface area contributed by atoms with Crippen molar-refractivity contribution in [2.45, 2.75) is 52.4 Å². The number of anilines is 1. The molecule has 4 rings (SSSR count). The maximum Gasteiger partial charge on any atom is 0.225 e. The van der Waals surface area contributed by atoms with Crippen LogP contribution in [-0.4, -0.2) is 25.7 Å². The van der Waals surface area contributed by atoms with Crippen molar-refractivity contribution in [1.29, 1.82) is 0 Å². The Morgan fingerprint density at radius 1 is 1.25 bits per heavy atom. The van der Waals surface area contributed by atoms with Gasteiger partial charge in [0.05, 0.1) is 12.0 Å². The van der Waals surface area contributed by atoms with E-state index in [-0.39, 0.29) is 5.91 Å². The van der Waals surface area contributed by atoms with Crippen molar-refractivity contribution in [2.75, 3.05) is 5.32 Å². The highest BCUT2D eigenvalue weighted by molar-refractivity contribution is 5.90. The molecule has 7 heteroatoms. The summed E-state index contributed by atoms with van der Waals surface area (Å²) >= 11 is 0. The number of hydrogen-bond acceptors (Lipinski definition) is 5. The second-order valence-corrected chi connectivity index (χ2v) is 7.49. The van der Waals surface area contributed by atoms with Crippen LogP contribution in [0.1, 0.15) is 49.9 Å². The van der Waals surface area contributed by atoms with Crippen molar-refractivity contribution in [2.24, 2.45) is 5.92 Å². The van der Waals surface area contributed by atoms with Crippen molar-refractivity contribution in [3.63, 3.8) is 0 Å². The van der Waals surface area contributed by atoms with E-state index in [9.17, 15) is 4.79 Å². The molecule has 3 aromatic heterocycles. The van der Waals surface area contributed by atoms with Gasteiger partial charge in [-0.25, -0.2) is 14.6 Å². The summed E-state index contributed by atoms with van der Waals surface area (Å²) in [4.78, 5) is 21.5. The predicted molar refractivity (Wildman–Crippen MR) is 106 cm³/mol. The third-order valence-corrected chi connectivity index (χ3v) is 5.20. The van der Waals surface area contributed by atoms with Gasteiger partial charge in [0.15, 0.2) is 17.4 Å². The molecular formula is C21H25N5O2. The summed E-state index contributed by atoms with van der Waals surface area (Å²) in [6, 6.07) is 7.31. The van der Waals surface area contributed by atoms with Gasteiger partial charge >= 0.3 is 0 Å². The van der Waals surface area contributed by atoms with Crippen molar-refractivity contribution >= 4 is 11.7 Å². The van der Waals surface area contributed by atoms with E-state index in [1.807, 2.05) is 19.9 Å². The van der Waals surface area contributed by atoms with Gasteiger partial charge < -0.3 is 9.73 Å². The molecule has 1 aliphatic rings. The fourth-order valence-corrected chi connectivity index (χ4v) is 3.82. The number of hydrogen-bond donors (Lipinski definition) is 1. The minimum Gasteiger partial charge on any atom is -0.461 e. The maximum absolute atomic E-state index is 12.5. The lowest BCUT2D eigenvalue weighted by molar-refractivity contribution is -0.116. The second kappa shape index (κ2) is 7.96. The summed E-state index contributed by atoms with van der Waals surface area (Å²) in [7, 11) is 0. The first kappa shape index (κ1) is 18.4. The first-order chi connectivity index (χ1) is 13.6. The zero-order valence-electron chi connectivity index (χ0n) is 16.3. The van der Waals surface area contributed by atoms with Crippen LogP contribution in [0.25, 0.3) is 17.4 Å². The molecule has 0 unspecified atom stereocenters. The predicted octanol–water partition coefficient (Wildman–Crippen LogP) is 4.45. The Morgan fingerprint density at radius 2 is 2.07 bits per heavy atom. The molecule has 1 amide bonds. The third kappa shape index (κ3) is 4.13. The molecule has 0 spiro atoms. The highest BCUT2D eigenvalue weighted by Gasteiger charge is 2.18. The molecule has 0 radical (unpaired) electrons. The van der Waals surface area contributed by atoms with E-state index in [4.69, 9.17) is 4.42 Å². The molecule has 1 N–H and O–H groups in total. The minimum atomic E-state index is -0.0182. The fraction of sp³-hybridized carbons (Fsp3) is 0.429. The zero-order valence-corrected chi connectivity index (χ0v) is 16.3. The molecular weight excluding hydrogens is 354 g/mol. The van der Waals surface area contributed by atoms with Gasteiger partial charge in [0, 0.05) is 18.2 Å². The van der Waals surface area contributed by atoms with Gasteiger partial charge in [-0.2, -0.15) is 5.10 Å². The van der Waals surface area contributed by atoms with E-state index in [0.717, 1.165) is 17.8 Å². The van der Waals surface area contributed by atoms with Gasteiger partial charge in [-0.3, -0.25) is 4.79 Å². The molecule has 3 heterocycles. The largest absolute Gasteiger partial charge is 0.461 e. The number of nitrogens with zero attached hydrogens (tertiary/aromatic N) is 4. The molecule has 0 saturated heterocycles. The number of aryl methyl sites for hydroxylation is 2. The average molecular weight is 379 g/mol. The Labute approximate surface area is 164 Å². The lowest BCUT2D eigenvalue weighted by Crippen LogP contribution is -2.15. The lowest BCUT2D eigenvalue weighted by Gasteiger charge is -2.11. The molecule has 0 aromatic carbocycles. The van der Waals surface area contributed by atoms with Crippen LogP contribution < -0.4 is 5.32 Å². The van der Waals surface area contributed by atoms with E-state index in [1.54, 1.807) is 29.1 Å². The van der Waals surface area contributed by atoms with E-state index < -0.39 is 0 Å². The zero-order chi connectivity index (χ0) is 19.5. The number of carbonyl (C=O) groups is 1. The number of furan rings is 1. The van der Waals surface area contributed by atoms with E-state index in [1.165, 1.54) is 25.7 Å². The molecule has 7 nitrogen and oxygen atoms in total. The Bertz CT molecular complexity index is 955. The molecule has 0 bridgehead atoms. The van der Waals surface area contributed by atoms with Gasteiger partial charge in [0.25, 0.3) is 0 Å². The highest BCUT2D eigenvalue weighted by atomic mass is 16.3. The summed E-state index contributed by atoms with van der Waals surface area (Å²) in [5.41, 5.74) is 1.86. The lowest BCUT2D eigenvalue weighted by atomic mass is 10.0. The molecule has 146 valence electrons. The Hall–Kier alpha value is -2.96. The summed E-state index contributed by atoms with van der Waals surface area (Å²) in [6.45, 7) is 3.90. The molecule has 0 aliphatic heterocycles. The third-order valence-electron chi connectivity index (χ3n) is 5.20. The quantitative estimate of drug-likeness (QED) is 0.684. The van der Waals surface area contributed by atoms with Crippen LogP contribution in [0.5, 0.6) is 0 Å². The van der Waals surface area contributed by atoms with Gasteiger partial charge in [-0.15, -0.1) is 0 Å². The van der Waals surface area contributed by atoms with Gasteiger partial charge in [0.2, 0.25) is 5.91 Å². The van der Waals surface area contributed by atoms with E-state index in [2.05, 4.69) is 20.4 Å². The molecule has 3 aromatic rings. The SMILES string of the molecule is Cc1cc(C)n(-c2cc(NC(=O)CCC3CCCC3)nc(-c3ccco3)n2)n1. The monoisotopic (exact) mass is 379 g/mol. The van der Waals surface area contributed by atoms with Crippen LogP contribution in [0.2, 0.25) is 0 Å². The number of rotatable bonds is 6. The molecule has 28 heavy (non-hydrogen) atoms. The standard InChI is InChI=1S/C21H25N5O2/c1-14-12-15(2)26(25-14)19-13-18(23-21(24-19)17-8-5-11-28-17)22-20(27)10-9-16-6-3-4-7-16/h5,8,11-13,16H,3-4,6-7,9-10H2,1-2H3,(H,22,23,24,27). The van der Waals surface area contributed by atoms with Gasteiger partial charge in [-0.1, -0.05) is 25.7 Å². The summed E-state index contributed by atoms with van der Waals surface area (Å²) in [5.74, 6) is 2.68. The van der Waals surface area contributed by atoms with Gasteiger partial charge in [0.1, 0.15) is 5.82 Å². The van der Waals surface area contributed by atoms with Crippen LogP contribution in [0.3, 0.4) is 0 Å². The Kier molecular flexibility index (Phi) is 5.23. The molecule has 1 fully saturated rings. The smallest absolute Gasteiger partial charge is 0.225 e. The van der Waals surface area contributed by atoms with Crippen molar-refractivity contribution in [3.05, 3.63) is 41.9 Å². The number of carbonyl (C=O) groups excluding carboxylic acids is 1. The fourth-order valence-electron chi connectivity index (χ4n) is 3.82. The minimum absolute atomic E-state index is 0.0182. The maximum atomic E-state index is 12.5. The number of aromatic nitrogens is 4. The van der Waals surface area contributed by atoms with Crippen LogP contribution >= 0.6 is 0 Å². The van der Waals surface area contributed by atoms with Crippen LogP contribution in [-0.2, 0) is 4.79 Å². The van der Waals surface area contributed by atoms with Crippen molar-refractivity contribution < 1.29 is 9.21 Å².